The maximum Gasteiger partial charge on any atom is 0.295 e. The summed E-state index contributed by atoms with van der Waals surface area (Å²) in [5.41, 5.74) is 2.27. The molecule has 5 rings (SSSR count). The molecule has 1 saturated heterocycles. The number of likely N-dealkylation sites (tertiary alicyclic amines) is 1. The highest BCUT2D eigenvalue weighted by Gasteiger charge is 2.46. The summed E-state index contributed by atoms with van der Waals surface area (Å²) in [6, 6.07) is 21.5. The molecule has 7 heteroatoms. The Labute approximate surface area is 235 Å². The Kier molecular flexibility index (Phi) is 8.21. The molecule has 2 heterocycles. The van der Waals surface area contributed by atoms with Gasteiger partial charge in [-0.3, -0.25) is 9.59 Å². The Morgan fingerprint density at radius 3 is 2.50 bits per heavy atom. The zero-order valence-electron chi connectivity index (χ0n) is 23.3. The lowest BCUT2D eigenvalue weighted by atomic mass is 9.94. The third kappa shape index (κ3) is 5.61. The summed E-state index contributed by atoms with van der Waals surface area (Å²) in [7, 11) is 0. The number of carbonyl (C=O) groups is 2. The molecule has 0 spiro atoms. The standard InChI is InChI=1S/C33H36N2O5/c1-4-34(5-2)17-10-18-35-30(23-11-9-14-27(21-23)40-26-12-7-6-8-13-26)29(32(37)33(35)38)31(36)24-15-16-28-25(20-24)19-22(3)39-28/h6-9,11-16,20-22,30,36H,4-5,10,17-19H2,1-3H3/t22-,30-/m0/s1. The zero-order valence-corrected chi connectivity index (χ0v) is 23.3. The lowest BCUT2D eigenvalue weighted by Gasteiger charge is -2.27. The van der Waals surface area contributed by atoms with Crippen molar-refractivity contribution in [1.29, 1.82) is 0 Å². The predicted molar refractivity (Wildman–Crippen MR) is 155 cm³/mol. The van der Waals surface area contributed by atoms with E-state index in [0.29, 0.717) is 35.6 Å². The fourth-order valence-electron chi connectivity index (χ4n) is 5.56. The van der Waals surface area contributed by atoms with E-state index in [1.54, 1.807) is 11.0 Å². The minimum absolute atomic E-state index is 0.0520. The number of benzene rings is 3. The minimum atomic E-state index is -0.737. The van der Waals surface area contributed by atoms with E-state index in [1.165, 1.54) is 0 Å². The van der Waals surface area contributed by atoms with Crippen LogP contribution in [0.1, 0.15) is 49.9 Å². The molecule has 3 aromatic carbocycles. The summed E-state index contributed by atoms with van der Waals surface area (Å²) >= 11 is 0. The van der Waals surface area contributed by atoms with E-state index in [-0.39, 0.29) is 17.4 Å². The van der Waals surface area contributed by atoms with Crippen LogP contribution in [0.4, 0.5) is 0 Å². The SMILES string of the molecule is CCN(CC)CCCN1C(=O)C(=O)C(=C(O)c2ccc3c(c2)C[C@H](C)O3)[C@@H]1c1cccc(Oc2ccccc2)c1. The number of fused-ring (bicyclic) bond motifs is 1. The summed E-state index contributed by atoms with van der Waals surface area (Å²) < 4.78 is 11.9. The van der Waals surface area contributed by atoms with Crippen LogP contribution in [-0.2, 0) is 16.0 Å². The van der Waals surface area contributed by atoms with Gasteiger partial charge in [-0.2, -0.15) is 0 Å². The van der Waals surface area contributed by atoms with Gasteiger partial charge in [0.25, 0.3) is 11.7 Å². The van der Waals surface area contributed by atoms with Crippen LogP contribution in [-0.4, -0.2) is 58.9 Å². The van der Waals surface area contributed by atoms with E-state index in [2.05, 4.69) is 18.7 Å². The first-order chi connectivity index (χ1) is 19.4. The van der Waals surface area contributed by atoms with E-state index < -0.39 is 17.7 Å². The lowest BCUT2D eigenvalue weighted by Crippen LogP contribution is -2.33. The average Bonchev–Trinajstić information content (AvgIpc) is 3.46. The number of para-hydroxylation sites is 1. The molecule has 0 radical (unpaired) electrons. The van der Waals surface area contributed by atoms with E-state index >= 15 is 0 Å². The van der Waals surface area contributed by atoms with Gasteiger partial charge in [-0.15, -0.1) is 0 Å². The Morgan fingerprint density at radius 1 is 1.00 bits per heavy atom. The van der Waals surface area contributed by atoms with E-state index in [0.717, 1.165) is 37.4 Å². The molecule has 1 amide bonds. The lowest BCUT2D eigenvalue weighted by molar-refractivity contribution is -0.140. The second kappa shape index (κ2) is 12.0. The topological polar surface area (TPSA) is 79.3 Å². The van der Waals surface area contributed by atoms with Crippen molar-refractivity contribution in [3.63, 3.8) is 0 Å². The monoisotopic (exact) mass is 540 g/mol. The molecule has 2 aliphatic heterocycles. The molecule has 0 unspecified atom stereocenters. The van der Waals surface area contributed by atoms with Gasteiger partial charge in [0.15, 0.2) is 0 Å². The molecule has 1 fully saturated rings. The van der Waals surface area contributed by atoms with E-state index in [1.807, 2.05) is 73.7 Å². The van der Waals surface area contributed by atoms with Crippen LogP contribution in [0, 0.1) is 0 Å². The molecule has 40 heavy (non-hydrogen) atoms. The summed E-state index contributed by atoms with van der Waals surface area (Å²) in [4.78, 5) is 30.8. The minimum Gasteiger partial charge on any atom is -0.507 e. The van der Waals surface area contributed by atoms with Crippen molar-refractivity contribution in [3.8, 4) is 17.2 Å². The highest BCUT2D eigenvalue weighted by Crippen LogP contribution is 2.41. The van der Waals surface area contributed by atoms with Crippen LogP contribution in [0.15, 0.2) is 78.4 Å². The summed E-state index contributed by atoms with van der Waals surface area (Å²) in [5, 5.41) is 11.5. The van der Waals surface area contributed by atoms with Crippen molar-refractivity contribution >= 4 is 17.4 Å². The number of aliphatic hydroxyl groups is 1. The number of nitrogens with zero attached hydrogens (tertiary/aromatic N) is 2. The highest BCUT2D eigenvalue weighted by molar-refractivity contribution is 6.46. The largest absolute Gasteiger partial charge is 0.507 e. The summed E-state index contributed by atoms with van der Waals surface area (Å²) in [6.07, 6.45) is 1.48. The van der Waals surface area contributed by atoms with Gasteiger partial charge < -0.3 is 24.4 Å². The molecular weight excluding hydrogens is 504 g/mol. The van der Waals surface area contributed by atoms with Crippen molar-refractivity contribution < 1.29 is 24.2 Å². The molecule has 3 aromatic rings. The number of aliphatic hydroxyl groups excluding tert-OH is 1. The van der Waals surface area contributed by atoms with Crippen LogP contribution in [0.5, 0.6) is 17.2 Å². The normalized spacial score (nSPS) is 19.6. The maximum atomic E-state index is 13.5. The molecule has 7 nitrogen and oxygen atoms in total. The third-order valence-electron chi connectivity index (χ3n) is 7.63. The molecule has 0 aliphatic carbocycles. The molecule has 0 bridgehead atoms. The molecule has 1 N–H and O–H groups in total. The molecule has 0 aromatic heterocycles. The maximum absolute atomic E-state index is 13.5. The molecule has 2 aliphatic rings. The number of hydrogen-bond donors (Lipinski definition) is 1. The first-order valence-electron chi connectivity index (χ1n) is 14.0. The predicted octanol–water partition coefficient (Wildman–Crippen LogP) is 5.96. The number of hydrogen-bond acceptors (Lipinski definition) is 6. The van der Waals surface area contributed by atoms with E-state index in [4.69, 9.17) is 9.47 Å². The first-order valence-corrected chi connectivity index (χ1v) is 14.0. The smallest absolute Gasteiger partial charge is 0.295 e. The Balaban J connectivity index is 1.54. The molecule has 0 saturated carbocycles. The average molecular weight is 541 g/mol. The van der Waals surface area contributed by atoms with Crippen molar-refractivity contribution in [2.24, 2.45) is 0 Å². The number of rotatable bonds is 10. The summed E-state index contributed by atoms with van der Waals surface area (Å²) in [5.74, 6) is 0.599. The quantitative estimate of drug-likeness (QED) is 0.194. The second-order valence-electron chi connectivity index (χ2n) is 10.3. The second-order valence-corrected chi connectivity index (χ2v) is 10.3. The highest BCUT2D eigenvalue weighted by atomic mass is 16.5. The summed E-state index contributed by atoms with van der Waals surface area (Å²) in [6.45, 7) is 9.24. The van der Waals surface area contributed by atoms with Gasteiger partial charge in [0, 0.05) is 18.5 Å². The first kappa shape index (κ1) is 27.5. The van der Waals surface area contributed by atoms with Gasteiger partial charge in [0.1, 0.15) is 29.1 Å². The number of ether oxygens (including phenoxy) is 2. The van der Waals surface area contributed by atoms with Crippen LogP contribution in [0.2, 0.25) is 0 Å². The zero-order chi connectivity index (χ0) is 28.2. The van der Waals surface area contributed by atoms with Crippen molar-refractivity contribution in [1.82, 2.24) is 9.80 Å². The van der Waals surface area contributed by atoms with Gasteiger partial charge in [0.2, 0.25) is 0 Å². The fraction of sp³-hybridized carbons (Fsp3) is 0.333. The van der Waals surface area contributed by atoms with Crippen molar-refractivity contribution in [2.45, 2.75) is 45.8 Å². The Morgan fingerprint density at radius 2 is 1.75 bits per heavy atom. The molecule has 2 atom stereocenters. The third-order valence-corrected chi connectivity index (χ3v) is 7.63. The van der Waals surface area contributed by atoms with Crippen LogP contribution < -0.4 is 9.47 Å². The van der Waals surface area contributed by atoms with Crippen molar-refractivity contribution in [3.05, 3.63) is 95.1 Å². The van der Waals surface area contributed by atoms with E-state index in [9.17, 15) is 14.7 Å². The van der Waals surface area contributed by atoms with Crippen molar-refractivity contribution in [2.75, 3.05) is 26.2 Å². The van der Waals surface area contributed by atoms with Crippen LogP contribution in [0.25, 0.3) is 5.76 Å². The number of amides is 1. The van der Waals surface area contributed by atoms with Crippen LogP contribution >= 0.6 is 0 Å². The number of Topliss-reactive ketones (excluding diaryl/α,β-unsaturated/α-hetero) is 1. The van der Waals surface area contributed by atoms with Gasteiger partial charge in [-0.25, -0.2) is 0 Å². The molecule has 208 valence electrons. The number of carbonyl (C=O) groups excluding carboxylic acids is 2. The van der Waals surface area contributed by atoms with Gasteiger partial charge >= 0.3 is 0 Å². The van der Waals surface area contributed by atoms with Gasteiger partial charge in [-0.05, 0) is 86.6 Å². The van der Waals surface area contributed by atoms with Crippen LogP contribution in [0.3, 0.4) is 0 Å². The fourth-order valence-corrected chi connectivity index (χ4v) is 5.56. The van der Waals surface area contributed by atoms with Gasteiger partial charge in [-0.1, -0.05) is 44.2 Å². The number of ketones is 1. The Bertz CT molecular complexity index is 1410. The Hall–Kier alpha value is -4.10. The van der Waals surface area contributed by atoms with Gasteiger partial charge in [0.05, 0.1) is 11.6 Å². The molecular formula is C33H36N2O5.